The second-order valence-electron chi connectivity index (χ2n) is 2.97. The lowest BCUT2D eigenvalue weighted by molar-refractivity contribution is 0.293. The van der Waals surface area contributed by atoms with E-state index in [9.17, 15) is 0 Å². The van der Waals surface area contributed by atoms with E-state index in [1.165, 1.54) is 6.21 Å². The molecule has 0 spiro atoms. The van der Waals surface area contributed by atoms with Gasteiger partial charge in [-0.1, -0.05) is 18.1 Å². The van der Waals surface area contributed by atoms with Gasteiger partial charge in [0.2, 0.25) is 0 Å². The van der Waals surface area contributed by atoms with Gasteiger partial charge in [-0.05, 0) is 18.6 Å². The van der Waals surface area contributed by atoms with Crippen molar-refractivity contribution in [3.63, 3.8) is 0 Å². The highest BCUT2D eigenvalue weighted by molar-refractivity contribution is 5.84. The molecule has 1 rings (SSSR count). The van der Waals surface area contributed by atoms with Crippen molar-refractivity contribution in [2.75, 3.05) is 13.7 Å². The van der Waals surface area contributed by atoms with E-state index in [0.717, 1.165) is 6.42 Å². The Labute approximate surface area is 89.1 Å². The Morgan fingerprint density at radius 3 is 2.87 bits per heavy atom. The standard InChI is InChI=1S/C11H15NO3/c1-3-7-15-11-9(8-12-13)5-4-6-10(11)14-2/h4-6,8,13H,3,7H2,1-2H3/b12-8+. The van der Waals surface area contributed by atoms with E-state index in [-0.39, 0.29) is 0 Å². The molecule has 0 saturated heterocycles. The average Bonchev–Trinajstić information content (AvgIpc) is 2.27. The lowest BCUT2D eigenvalue weighted by Crippen LogP contribution is -2.01. The zero-order chi connectivity index (χ0) is 11.1. The van der Waals surface area contributed by atoms with Crippen LogP contribution >= 0.6 is 0 Å². The minimum atomic E-state index is 0.604. The topological polar surface area (TPSA) is 51.0 Å². The van der Waals surface area contributed by atoms with E-state index in [0.29, 0.717) is 23.7 Å². The van der Waals surface area contributed by atoms with Crippen molar-refractivity contribution in [1.29, 1.82) is 0 Å². The van der Waals surface area contributed by atoms with Crippen LogP contribution in [0, 0.1) is 0 Å². The van der Waals surface area contributed by atoms with Gasteiger partial charge in [0.25, 0.3) is 0 Å². The fourth-order valence-electron chi connectivity index (χ4n) is 1.22. The van der Waals surface area contributed by atoms with Crippen molar-refractivity contribution < 1.29 is 14.7 Å². The van der Waals surface area contributed by atoms with Crippen LogP contribution in [0.2, 0.25) is 0 Å². The Hall–Kier alpha value is -1.71. The molecular formula is C11H15NO3. The average molecular weight is 209 g/mol. The van der Waals surface area contributed by atoms with Gasteiger partial charge >= 0.3 is 0 Å². The first-order valence-corrected chi connectivity index (χ1v) is 4.80. The van der Waals surface area contributed by atoms with E-state index in [1.54, 1.807) is 19.2 Å². The summed E-state index contributed by atoms with van der Waals surface area (Å²) in [6.45, 7) is 2.63. The van der Waals surface area contributed by atoms with Gasteiger partial charge in [-0.2, -0.15) is 0 Å². The lowest BCUT2D eigenvalue weighted by Gasteiger charge is -2.11. The van der Waals surface area contributed by atoms with Gasteiger partial charge in [0.15, 0.2) is 11.5 Å². The number of para-hydroxylation sites is 1. The molecule has 1 N–H and O–H groups in total. The fraction of sp³-hybridized carbons (Fsp3) is 0.364. The second-order valence-corrected chi connectivity index (χ2v) is 2.97. The van der Waals surface area contributed by atoms with Crippen LogP contribution in [0.5, 0.6) is 11.5 Å². The van der Waals surface area contributed by atoms with Crippen LogP contribution in [0.15, 0.2) is 23.4 Å². The Kier molecular flexibility index (Phi) is 4.47. The van der Waals surface area contributed by atoms with Crippen molar-refractivity contribution in [3.8, 4) is 11.5 Å². The van der Waals surface area contributed by atoms with Gasteiger partial charge in [0.1, 0.15) is 0 Å². The van der Waals surface area contributed by atoms with Gasteiger partial charge in [0.05, 0.1) is 19.9 Å². The van der Waals surface area contributed by atoms with Gasteiger partial charge in [-0.25, -0.2) is 0 Å². The summed E-state index contributed by atoms with van der Waals surface area (Å²) in [5.74, 6) is 1.25. The van der Waals surface area contributed by atoms with Crippen LogP contribution in [0.3, 0.4) is 0 Å². The molecular weight excluding hydrogens is 194 g/mol. The summed E-state index contributed by atoms with van der Waals surface area (Å²) < 4.78 is 10.7. The molecule has 1 aromatic rings. The number of hydrogen-bond donors (Lipinski definition) is 1. The van der Waals surface area contributed by atoms with Crippen LogP contribution in [-0.2, 0) is 0 Å². The highest BCUT2D eigenvalue weighted by Crippen LogP contribution is 2.30. The molecule has 0 aromatic heterocycles. The van der Waals surface area contributed by atoms with Crippen molar-refractivity contribution in [2.45, 2.75) is 13.3 Å². The van der Waals surface area contributed by atoms with E-state index in [1.807, 2.05) is 13.0 Å². The number of benzene rings is 1. The Balaban J connectivity index is 3.02. The number of methoxy groups -OCH3 is 1. The molecule has 0 aliphatic rings. The van der Waals surface area contributed by atoms with Gasteiger partial charge in [-0.3, -0.25) is 0 Å². The van der Waals surface area contributed by atoms with Crippen LogP contribution in [-0.4, -0.2) is 25.1 Å². The lowest BCUT2D eigenvalue weighted by atomic mass is 10.2. The maximum Gasteiger partial charge on any atom is 0.170 e. The monoisotopic (exact) mass is 209 g/mol. The first-order valence-electron chi connectivity index (χ1n) is 4.80. The van der Waals surface area contributed by atoms with Crippen LogP contribution in [0.4, 0.5) is 0 Å². The SMILES string of the molecule is CCCOc1c(/C=N/O)cccc1OC. The van der Waals surface area contributed by atoms with Crippen LogP contribution in [0.1, 0.15) is 18.9 Å². The van der Waals surface area contributed by atoms with Gasteiger partial charge in [0, 0.05) is 5.56 Å². The van der Waals surface area contributed by atoms with E-state index in [2.05, 4.69) is 5.16 Å². The first kappa shape index (κ1) is 11.4. The summed E-state index contributed by atoms with van der Waals surface area (Å²) >= 11 is 0. The van der Waals surface area contributed by atoms with E-state index < -0.39 is 0 Å². The van der Waals surface area contributed by atoms with Crippen LogP contribution in [0.25, 0.3) is 0 Å². The molecule has 0 bridgehead atoms. The predicted octanol–water partition coefficient (Wildman–Crippen LogP) is 2.29. The number of ether oxygens (including phenoxy) is 2. The fourth-order valence-corrected chi connectivity index (χ4v) is 1.22. The van der Waals surface area contributed by atoms with Gasteiger partial charge < -0.3 is 14.7 Å². The molecule has 0 fully saturated rings. The second kappa shape index (κ2) is 5.90. The van der Waals surface area contributed by atoms with Crippen LogP contribution < -0.4 is 9.47 Å². The zero-order valence-corrected chi connectivity index (χ0v) is 8.93. The van der Waals surface area contributed by atoms with Crippen molar-refractivity contribution >= 4 is 6.21 Å². The summed E-state index contributed by atoms with van der Waals surface area (Å²) in [6.07, 6.45) is 2.24. The van der Waals surface area contributed by atoms with E-state index in [4.69, 9.17) is 14.7 Å². The van der Waals surface area contributed by atoms with E-state index >= 15 is 0 Å². The molecule has 4 heteroatoms. The van der Waals surface area contributed by atoms with Crippen molar-refractivity contribution in [1.82, 2.24) is 0 Å². The summed E-state index contributed by atoms with van der Waals surface area (Å²) in [7, 11) is 1.58. The highest BCUT2D eigenvalue weighted by Gasteiger charge is 2.08. The Bertz CT molecular complexity index is 337. The molecule has 0 atom stereocenters. The van der Waals surface area contributed by atoms with Crippen molar-refractivity contribution in [2.24, 2.45) is 5.16 Å². The number of oxime groups is 1. The molecule has 0 aliphatic carbocycles. The third-order valence-electron chi connectivity index (χ3n) is 1.88. The van der Waals surface area contributed by atoms with Crippen molar-refractivity contribution in [3.05, 3.63) is 23.8 Å². The molecule has 0 saturated carbocycles. The Morgan fingerprint density at radius 2 is 2.27 bits per heavy atom. The molecule has 0 unspecified atom stereocenters. The minimum absolute atomic E-state index is 0.604. The summed E-state index contributed by atoms with van der Waals surface area (Å²) in [4.78, 5) is 0. The summed E-state index contributed by atoms with van der Waals surface area (Å²) in [5, 5.41) is 11.5. The van der Waals surface area contributed by atoms with Gasteiger partial charge in [-0.15, -0.1) is 0 Å². The number of nitrogens with zero attached hydrogens (tertiary/aromatic N) is 1. The molecule has 0 amide bonds. The molecule has 1 aromatic carbocycles. The normalized spacial score (nSPS) is 10.5. The predicted molar refractivity (Wildman–Crippen MR) is 58.2 cm³/mol. The molecule has 0 radical (unpaired) electrons. The number of hydrogen-bond acceptors (Lipinski definition) is 4. The molecule has 4 nitrogen and oxygen atoms in total. The third kappa shape index (κ3) is 2.87. The summed E-state index contributed by atoms with van der Waals surface area (Å²) in [5.41, 5.74) is 0.699. The Morgan fingerprint density at radius 1 is 1.47 bits per heavy atom. The molecule has 15 heavy (non-hydrogen) atoms. The third-order valence-corrected chi connectivity index (χ3v) is 1.88. The zero-order valence-electron chi connectivity index (χ0n) is 8.93. The first-order chi connectivity index (χ1) is 7.33. The smallest absolute Gasteiger partial charge is 0.170 e. The minimum Gasteiger partial charge on any atom is -0.493 e. The molecule has 0 aliphatic heterocycles. The largest absolute Gasteiger partial charge is 0.493 e. The highest BCUT2D eigenvalue weighted by atomic mass is 16.5. The maximum atomic E-state index is 8.51. The maximum absolute atomic E-state index is 8.51. The summed E-state index contributed by atoms with van der Waals surface area (Å²) in [6, 6.07) is 5.42. The molecule has 0 heterocycles. The molecule has 82 valence electrons. The number of rotatable bonds is 5. The quantitative estimate of drug-likeness (QED) is 0.460.